The van der Waals surface area contributed by atoms with E-state index in [9.17, 15) is 47.9 Å². The number of nitrogens with zero attached hydrogens (tertiary/aromatic N) is 10. The van der Waals surface area contributed by atoms with E-state index in [1.54, 1.807) is 220 Å². The molecule has 0 aromatic heterocycles. The molecule has 10 amide bonds. The minimum atomic E-state index is -0.412. The largest absolute Gasteiger partial charge is 0.372 e. The molecular formula is C103H204N10O20. The highest BCUT2D eigenvalue weighted by Crippen LogP contribution is 2.29. The van der Waals surface area contributed by atoms with E-state index in [-0.39, 0.29) is 126 Å². The first-order chi connectivity index (χ1) is 62.2. The van der Waals surface area contributed by atoms with Crippen molar-refractivity contribution < 1.29 is 95.3 Å². The monoisotopic (exact) mass is 1900 g/mol. The highest BCUT2D eigenvalue weighted by atomic mass is 16.5. The summed E-state index contributed by atoms with van der Waals surface area (Å²) in [5.74, 6) is 2.33. The number of carbonyl (C=O) groups excluding carboxylic acids is 10. The van der Waals surface area contributed by atoms with Gasteiger partial charge in [0, 0.05) is 182 Å². The Morgan fingerprint density at radius 3 is 0.970 bits per heavy atom. The van der Waals surface area contributed by atoms with Gasteiger partial charge < -0.3 is 96.4 Å². The van der Waals surface area contributed by atoms with E-state index in [2.05, 4.69) is 55.4 Å². The van der Waals surface area contributed by atoms with Crippen LogP contribution in [0.2, 0.25) is 0 Å². The summed E-state index contributed by atoms with van der Waals surface area (Å²) in [6.07, 6.45) is 25.4. The quantitative estimate of drug-likeness (QED) is 0.0585. The first-order valence-electron chi connectivity index (χ1n) is 49.5. The Hall–Kier alpha value is -6.48. The molecule has 3 rings (SSSR count). The highest BCUT2D eigenvalue weighted by Gasteiger charge is 2.29. The molecule has 0 aliphatic heterocycles. The normalized spacial score (nSPS) is 15.0. The number of benzene rings is 1. The summed E-state index contributed by atoms with van der Waals surface area (Å²) in [4.78, 5) is 130. The molecule has 1 aromatic carbocycles. The van der Waals surface area contributed by atoms with E-state index < -0.39 is 6.10 Å². The lowest BCUT2D eigenvalue weighted by Gasteiger charge is -2.30. The SMILES string of the molecule is CC(C)CCOC(C)C(=O)N(C)C.CC(OC(C)C1CCCCC1)C(=O)N(C)C.CC(OC(C)c1ccccc1)C(=O)N(C)C.CC(OC1CCCCC1)C(=O)N(C)C.CCCC(OC)C(=O)N(C)C.CCCC(OCC)C(=O)N(C)C.CCCCC(CC)COC(C)C(=O)N(C)C.CCCCC(OC)C(=O)N(C)C.CCCCC(OCC)C(=O)N(C)C.CCOC(C)C(=O)N(C)C. The summed E-state index contributed by atoms with van der Waals surface area (Å²) < 4.78 is 54.1. The summed E-state index contributed by atoms with van der Waals surface area (Å²) in [6, 6.07) is 9.89. The first-order valence-corrected chi connectivity index (χ1v) is 49.5. The number of rotatable bonds is 47. The minimum absolute atomic E-state index is 0.0113. The van der Waals surface area contributed by atoms with Gasteiger partial charge in [0.2, 0.25) is 0 Å². The lowest BCUT2D eigenvalue weighted by atomic mass is 9.86. The molecule has 133 heavy (non-hydrogen) atoms. The van der Waals surface area contributed by atoms with Gasteiger partial charge in [-0.15, -0.1) is 0 Å². The van der Waals surface area contributed by atoms with Crippen LogP contribution in [0.4, 0.5) is 0 Å². The molecule has 2 aliphatic carbocycles. The fourth-order valence-electron chi connectivity index (χ4n) is 13.2. The minimum Gasteiger partial charge on any atom is -0.372 e. The number of ether oxygens (including phenoxy) is 10. The number of unbranched alkanes of at least 4 members (excludes halogenated alkanes) is 3. The molecule has 786 valence electrons. The molecule has 0 spiro atoms. The van der Waals surface area contributed by atoms with Crippen molar-refractivity contribution in [1.29, 1.82) is 0 Å². The zero-order valence-electron chi connectivity index (χ0n) is 92.5. The molecule has 2 fully saturated rings. The van der Waals surface area contributed by atoms with E-state index in [1.165, 1.54) is 75.5 Å². The van der Waals surface area contributed by atoms with E-state index in [0.717, 1.165) is 95.5 Å². The fraction of sp³-hybridized carbons (Fsp3) is 0.845. The molecule has 2 saturated carbocycles. The second kappa shape index (κ2) is 87.1. The lowest BCUT2D eigenvalue weighted by Crippen LogP contribution is -2.37. The molecular weight excluding hydrogens is 1700 g/mol. The van der Waals surface area contributed by atoms with Gasteiger partial charge in [0.05, 0.1) is 24.9 Å². The summed E-state index contributed by atoms with van der Waals surface area (Å²) >= 11 is 0. The van der Waals surface area contributed by atoms with Gasteiger partial charge in [0.25, 0.3) is 59.1 Å². The molecule has 0 N–H and O–H groups in total. The molecule has 30 heteroatoms. The van der Waals surface area contributed by atoms with Crippen LogP contribution < -0.4 is 0 Å². The number of hydrogen-bond acceptors (Lipinski definition) is 20. The summed E-state index contributed by atoms with van der Waals surface area (Å²) in [6.45, 7) is 40.7. The predicted octanol–water partition coefficient (Wildman–Crippen LogP) is 16.3. The van der Waals surface area contributed by atoms with E-state index in [1.807, 2.05) is 85.7 Å². The van der Waals surface area contributed by atoms with Crippen molar-refractivity contribution in [2.45, 2.75) is 371 Å². The molecule has 1 aromatic rings. The molecule has 0 bridgehead atoms. The Labute approximate surface area is 812 Å². The third kappa shape index (κ3) is 73.4. The summed E-state index contributed by atoms with van der Waals surface area (Å²) in [5.41, 5.74) is 1.08. The van der Waals surface area contributed by atoms with Crippen LogP contribution >= 0.6 is 0 Å². The van der Waals surface area contributed by atoms with Crippen molar-refractivity contribution in [2.24, 2.45) is 17.8 Å². The van der Waals surface area contributed by atoms with Crippen LogP contribution in [0.3, 0.4) is 0 Å². The number of amides is 10. The van der Waals surface area contributed by atoms with Crippen LogP contribution in [-0.4, -0.2) is 370 Å². The second-order valence-electron chi connectivity index (χ2n) is 36.5. The van der Waals surface area contributed by atoms with Gasteiger partial charge >= 0.3 is 0 Å². The maximum absolute atomic E-state index is 11.7. The summed E-state index contributed by atoms with van der Waals surface area (Å²) in [5, 5.41) is 0. The zero-order valence-corrected chi connectivity index (χ0v) is 92.5. The zero-order chi connectivity index (χ0) is 104. The second-order valence-corrected chi connectivity index (χ2v) is 36.5. The molecule has 0 radical (unpaired) electrons. The summed E-state index contributed by atoms with van der Waals surface area (Å²) in [7, 11) is 38.2. The van der Waals surface area contributed by atoms with E-state index >= 15 is 0 Å². The van der Waals surface area contributed by atoms with E-state index in [4.69, 9.17) is 47.4 Å². The standard InChI is InChI=1S/C13H25NO2.C13H19NO2.C13H27NO2.C11H21NO2.2C10H21NO2.2C9H19NO2.C8H17NO2.C7H15NO2/c2*1-10(12-8-6-5-7-9-12)16-11(2)13(15)14(3)4;1-6-8-9-12(7-2)10-16-11(3)13(15)14(4)5;1-9(11(13)12(2)3)14-10-7-5-4-6-8-10;1-8(2)6-7-13-9(3)10(12)11(4)5;1-5-7-8-9(13-6-2)10(12)11(3)4;1-5-6-7-8(12-4)9(11)10(2)3;1-5-7-8(12-6-2)9(11)10(3)4;1-5-6-7(11-4)8(10)9(2)3;1-5-10-6(2)7(9)8(3)4/h10-12H,5-9H2,1-4H3;5-11H,1-4H3;11-12H,6-10H2,1-5H3;9-10H,4-8H2,1-3H3;8-9H,6-7H2,1-5H3;9H,5-8H2,1-4H3;2*8H,5-7H2,1-4H3;7H,5-6H2,1-4H3;6H,5H2,1-4H3. The predicted molar refractivity (Wildman–Crippen MR) is 542 cm³/mol. The van der Waals surface area contributed by atoms with Gasteiger partial charge in [-0.1, -0.05) is 182 Å². The van der Waals surface area contributed by atoms with Crippen LogP contribution in [0.5, 0.6) is 0 Å². The van der Waals surface area contributed by atoms with Gasteiger partial charge in [-0.05, 0) is 164 Å². The number of likely N-dealkylation sites (N-methyl/N-ethyl adjacent to an activating group) is 10. The van der Waals surface area contributed by atoms with Crippen LogP contribution in [-0.2, 0) is 95.3 Å². The molecule has 13 unspecified atom stereocenters. The molecule has 0 saturated heterocycles. The fourth-order valence-corrected chi connectivity index (χ4v) is 13.2. The Bertz CT molecular complexity index is 3020. The number of methoxy groups -OCH3 is 2. The first kappa shape index (κ1) is 140. The van der Waals surface area contributed by atoms with Crippen molar-refractivity contribution >= 4 is 59.1 Å². The maximum Gasteiger partial charge on any atom is 0.251 e. The topological polar surface area (TPSA) is 295 Å². The average Bonchev–Trinajstić information content (AvgIpc) is 0.947. The van der Waals surface area contributed by atoms with Crippen molar-refractivity contribution in [3.05, 3.63) is 35.9 Å². The van der Waals surface area contributed by atoms with Gasteiger partial charge in [-0.3, -0.25) is 47.9 Å². The third-order valence-electron chi connectivity index (χ3n) is 21.6. The van der Waals surface area contributed by atoms with Crippen molar-refractivity contribution in [1.82, 2.24) is 49.0 Å². The van der Waals surface area contributed by atoms with Crippen LogP contribution in [0, 0.1) is 17.8 Å². The van der Waals surface area contributed by atoms with Crippen molar-refractivity contribution in [3.8, 4) is 0 Å². The van der Waals surface area contributed by atoms with E-state index in [0.29, 0.717) is 56.9 Å². The van der Waals surface area contributed by atoms with Crippen LogP contribution in [0.15, 0.2) is 30.3 Å². The average molecular weight is 1900 g/mol. The van der Waals surface area contributed by atoms with Gasteiger partial charge in [0.15, 0.2) is 0 Å². The molecule has 0 heterocycles. The van der Waals surface area contributed by atoms with Crippen molar-refractivity contribution in [3.63, 3.8) is 0 Å². The Morgan fingerprint density at radius 2 is 0.624 bits per heavy atom. The Kier molecular flexibility index (Phi) is 91.3. The van der Waals surface area contributed by atoms with Crippen molar-refractivity contribution in [2.75, 3.05) is 188 Å². The van der Waals surface area contributed by atoms with Gasteiger partial charge in [-0.25, -0.2) is 0 Å². The lowest BCUT2D eigenvalue weighted by molar-refractivity contribution is -0.145. The van der Waals surface area contributed by atoms with Gasteiger partial charge in [0.1, 0.15) is 61.0 Å². The number of carbonyl (C=O) groups is 10. The third-order valence-corrected chi connectivity index (χ3v) is 21.6. The smallest absolute Gasteiger partial charge is 0.251 e. The highest BCUT2D eigenvalue weighted by molar-refractivity contribution is 5.84. The molecule has 2 aliphatic rings. The van der Waals surface area contributed by atoms with Crippen LogP contribution in [0.25, 0.3) is 0 Å². The maximum atomic E-state index is 11.7. The molecule has 30 nitrogen and oxygen atoms in total. The Morgan fingerprint density at radius 1 is 0.316 bits per heavy atom. The number of hydrogen-bond donors (Lipinski definition) is 0. The van der Waals surface area contributed by atoms with Crippen LogP contribution in [0.1, 0.15) is 304 Å². The Balaban J connectivity index is -0.000000266. The molecule has 13 atom stereocenters. The van der Waals surface area contributed by atoms with Gasteiger partial charge in [-0.2, -0.15) is 0 Å².